The summed E-state index contributed by atoms with van der Waals surface area (Å²) in [5.74, 6) is -0.674. The van der Waals surface area contributed by atoms with E-state index in [1.54, 1.807) is 4.90 Å². The molecule has 1 saturated heterocycles. The highest BCUT2D eigenvalue weighted by molar-refractivity contribution is 6.31. The van der Waals surface area contributed by atoms with Gasteiger partial charge in [-0.3, -0.25) is 4.79 Å². The predicted octanol–water partition coefficient (Wildman–Crippen LogP) is 2.09. The molecule has 1 aromatic rings. The first-order valence-electron chi connectivity index (χ1n) is 6.58. The number of ether oxygens (including phenoxy) is 1. The number of nitrogens with zero attached hydrogens (tertiary/aromatic N) is 1. The van der Waals surface area contributed by atoms with Crippen molar-refractivity contribution in [2.45, 2.75) is 18.9 Å². The maximum absolute atomic E-state index is 13.1. The quantitative estimate of drug-likeness (QED) is 0.926. The van der Waals surface area contributed by atoms with Crippen molar-refractivity contribution in [1.82, 2.24) is 4.90 Å². The van der Waals surface area contributed by atoms with Crippen LogP contribution in [-0.4, -0.2) is 48.3 Å². The lowest BCUT2D eigenvalue weighted by Crippen LogP contribution is -2.41. The summed E-state index contributed by atoms with van der Waals surface area (Å²) in [4.78, 5) is 14.0. The molecule has 0 radical (unpaired) electrons. The molecule has 0 atom stereocenters. The van der Waals surface area contributed by atoms with Crippen LogP contribution in [0, 0.1) is 5.82 Å². The van der Waals surface area contributed by atoms with E-state index in [0.717, 1.165) is 12.8 Å². The number of benzene rings is 1. The van der Waals surface area contributed by atoms with Gasteiger partial charge in [-0.2, -0.15) is 0 Å². The highest BCUT2D eigenvalue weighted by Gasteiger charge is 2.24. The number of piperidine rings is 1. The van der Waals surface area contributed by atoms with Gasteiger partial charge in [0.05, 0.1) is 24.3 Å². The molecule has 1 N–H and O–H groups in total. The Labute approximate surface area is 122 Å². The first-order chi connectivity index (χ1) is 9.61. The van der Waals surface area contributed by atoms with Crippen molar-refractivity contribution in [2.24, 2.45) is 0 Å². The molecule has 4 nitrogen and oxygen atoms in total. The van der Waals surface area contributed by atoms with Crippen LogP contribution in [0.3, 0.4) is 0 Å². The van der Waals surface area contributed by atoms with Crippen molar-refractivity contribution in [3.05, 3.63) is 34.6 Å². The molecule has 0 bridgehead atoms. The third kappa shape index (κ3) is 3.69. The van der Waals surface area contributed by atoms with Crippen LogP contribution in [0.1, 0.15) is 23.2 Å². The number of hydrogen-bond donors (Lipinski definition) is 1. The highest BCUT2D eigenvalue weighted by Crippen LogP contribution is 2.20. The number of likely N-dealkylation sites (tertiary alicyclic amines) is 1. The molecule has 110 valence electrons. The Morgan fingerprint density at radius 3 is 2.75 bits per heavy atom. The number of aliphatic hydroxyl groups excluding tert-OH is 1. The predicted molar refractivity (Wildman–Crippen MR) is 73.4 cm³/mol. The molecule has 0 spiro atoms. The van der Waals surface area contributed by atoms with Crippen molar-refractivity contribution >= 4 is 17.5 Å². The summed E-state index contributed by atoms with van der Waals surface area (Å²) in [7, 11) is 0. The maximum atomic E-state index is 13.1. The van der Waals surface area contributed by atoms with E-state index in [2.05, 4.69) is 0 Å². The van der Waals surface area contributed by atoms with Crippen molar-refractivity contribution in [3.63, 3.8) is 0 Å². The van der Waals surface area contributed by atoms with Gasteiger partial charge < -0.3 is 14.7 Å². The van der Waals surface area contributed by atoms with Crippen LogP contribution in [-0.2, 0) is 4.74 Å². The third-order valence-corrected chi connectivity index (χ3v) is 3.63. The number of carbonyl (C=O) groups excluding carboxylic acids is 1. The normalized spacial score (nSPS) is 16.4. The number of carbonyl (C=O) groups is 1. The average Bonchev–Trinajstić information content (AvgIpc) is 2.48. The standard InChI is InChI=1S/C14H17ClFNO3/c15-12-9-10(1-2-13(12)16)14(19)17-5-3-11(4-6-17)20-8-7-18/h1-2,9,11,18H,3-8H2. The van der Waals surface area contributed by atoms with Gasteiger partial charge in [0.1, 0.15) is 5.82 Å². The molecular formula is C14H17ClFNO3. The van der Waals surface area contributed by atoms with Crippen molar-refractivity contribution in [3.8, 4) is 0 Å². The Morgan fingerprint density at radius 1 is 1.45 bits per heavy atom. The van der Waals surface area contributed by atoms with Crippen LogP contribution < -0.4 is 0 Å². The molecule has 1 aliphatic rings. The second-order valence-electron chi connectivity index (χ2n) is 4.71. The second-order valence-corrected chi connectivity index (χ2v) is 5.12. The molecule has 1 aromatic carbocycles. The van der Waals surface area contributed by atoms with Crippen molar-refractivity contribution in [2.75, 3.05) is 26.3 Å². The molecular weight excluding hydrogens is 285 g/mol. The largest absolute Gasteiger partial charge is 0.394 e. The fraction of sp³-hybridized carbons (Fsp3) is 0.500. The van der Waals surface area contributed by atoms with Crippen LogP contribution in [0.2, 0.25) is 5.02 Å². The Bertz CT molecular complexity index is 475. The van der Waals surface area contributed by atoms with E-state index in [1.165, 1.54) is 18.2 Å². The third-order valence-electron chi connectivity index (χ3n) is 3.34. The first-order valence-corrected chi connectivity index (χ1v) is 6.96. The SMILES string of the molecule is O=C(c1ccc(F)c(Cl)c1)N1CCC(OCCO)CC1. The summed E-state index contributed by atoms with van der Waals surface area (Å²) in [6.45, 7) is 1.51. The lowest BCUT2D eigenvalue weighted by Gasteiger charge is -2.32. The summed E-state index contributed by atoms with van der Waals surface area (Å²) >= 11 is 5.69. The lowest BCUT2D eigenvalue weighted by atomic mass is 10.1. The van der Waals surface area contributed by atoms with Crippen LogP contribution in [0.4, 0.5) is 4.39 Å². The average molecular weight is 302 g/mol. The molecule has 0 unspecified atom stereocenters. The van der Waals surface area contributed by atoms with Gasteiger partial charge in [0.25, 0.3) is 5.91 Å². The van der Waals surface area contributed by atoms with Gasteiger partial charge >= 0.3 is 0 Å². The number of rotatable bonds is 4. The molecule has 0 aliphatic carbocycles. The van der Waals surface area contributed by atoms with E-state index in [1.807, 2.05) is 0 Å². The van der Waals surface area contributed by atoms with Crippen molar-refractivity contribution in [1.29, 1.82) is 0 Å². The molecule has 2 rings (SSSR count). The molecule has 6 heteroatoms. The van der Waals surface area contributed by atoms with Gasteiger partial charge in [0.15, 0.2) is 0 Å². The summed E-state index contributed by atoms with van der Waals surface area (Å²) in [6.07, 6.45) is 1.56. The Kier molecular flexibility index (Phi) is 5.34. The minimum Gasteiger partial charge on any atom is -0.394 e. The summed E-state index contributed by atoms with van der Waals surface area (Å²) < 4.78 is 18.5. The molecule has 1 amide bonds. The van der Waals surface area contributed by atoms with Crippen LogP contribution in [0.5, 0.6) is 0 Å². The van der Waals surface area contributed by atoms with Crippen LogP contribution in [0.25, 0.3) is 0 Å². The fourth-order valence-corrected chi connectivity index (χ4v) is 2.44. The zero-order chi connectivity index (χ0) is 14.5. The highest BCUT2D eigenvalue weighted by atomic mass is 35.5. The minimum absolute atomic E-state index is 0.00717. The van der Waals surface area contributed by atoms with E-state index < -0.39 is 5.82 Å². The lowest BCUT2D eigenvalue weighted by molar-refractivity contribution is -0.00554. The Hall–Kier alpha value is -1.17. The Balaban J connectivity index is 1.92. The smallest absolute Gasteiger partial charge is 0.253 e. The molecule has 20 heavy (non-hydrogen) atoms. The second kappa shape index (κ2) is 7.02. The number of amides is 1. The van der Waals surface area contributed by atoms with Gasteiger partial charge in [-0.05, 0) is 31.0 Å². The van der Waals surface area contributed by atoms with E-state index in [-0.39, 0.29) is 23.6 Å². The summed E-state index contributed by atoms with van der Waals surface area (Å²) in [5, 5.41) is 8.66. The minimum atomic E-state index is -0.528. The maximum Gasteiger partial charge on any atom is 0.253 e. The Morgan fingerprint density at radius 2 is 2.15 bits per heavy atom. The van der Waals surface area contributed by atoms with Gasteiger partial charge in [-0.25, -0.2) is 4.39 Å². The van der Waals surface area contributed by atoms with Crippen molar-refractivity contribution < 1.29 is 19.0 Å². The van der Waals surface area contributed by atoms with Crippen LogP contribution >= 0.6 is 11.6 Å². The summed E-state index contributed by atoms with van der Waals surface area (Å²) in [5.41, 5.74) is 0.395. The summed E-state index contributed by atoms with van der Waals surface area (Å²) in [6, 6.07) is 4.00. The molecule has 0 saturated carbocycles. The molecule has 1 heterocycles. The topological polar surface area (TPSA) is 49.8 Å². The fourth-order valence-electron chi connectivity index (χ4n) is 2.26. The first kappa shape index (κ1) is 15.2. The van der Waals surface area contributed by atoms with Gasteiger partial charge in [-0.15, -0.1) is 0 Å². The molecule has 1 aliphatic heterocycles. The van der Waals surface area contributed by atoms with E-state index in [9.17, 15) is 9.18 Å². The van der Waals surface area contributed by atoms with Crippen LogP contribution in [0.15, 0.2) is 18.2 Å². The van der Waals surface area contributed by atoms with Gasteiger partial charge in [0, 0.05) is 18.7 Å². The van der Waals surface area contributed by atoms with Gasteiger partial charge in [-0.1, -0.05) is 11.6 Å². The number of hydrogen-bond acceptors (Lipinski definition) is 3. The zero-order valence-electron chi connectivity index (χ0n) is 11.0. The van der Waals surface area contributed by atoms with Gasteiger partial charge in [0.2, 0.25) is 0 Å². The number of halogens is 2. The van der Waals surface area contributed by atoms with E-state index in [0.29, 0.717) is 25.3 Å². The molecule has 0 aromatic heterocycles. The van der Waals surface area contributed by atoms with E-state index in [4.69, 9.17) is 21.4 Å². The molecule has 1 fully saturated rings. The zero-order valence-corrected chi connectivity index (χ0v) is 11.8. The van der Waals surface area contributed by atoms with E-state index >= 15 is 0 Å². The monoisotopic (exact) mass is 301 g/mol. The number of aliphatic hydroxyl groups is 1.